The highest BCUT2D eigenvalue weighted by molar-refractivity contribution is 6.40. The molecule has 25 heavy (non-hydrogen) atoms. The normalized spacial score (nSPS) is 11.2. The molecule has 0 bridgehead atoms. The van der Waals surface area contributed by atoms with Gasteiger partial charge in [-0.05, 0) is 36.2 Å². The molecule has 0 radical (unpaired) electrons. The molecule has 2 aromatic carbocycles. The standard InChI is InChI=1S/C17H16Cl2N2O3.ClH/c1-24-17(23)14(20)9-10-5-7-11(8-6-10)21-16(22)15-12(18)3-2-4-13(15)19;/h2-8,14H,9,20H2,1H3,(H,21,22);1H/t14-;/m0./s1. The van der Waals surface area contributed by atoms with Gasteiger partial charge in [0.25, 0.3) is 5.91 Å². The van der Waals surface area contributed by atoms with Gasteiger partial charge in [-0.2, -0.15) is 0 Å². The minimum absolute atomic E-state index is 0. The monoisotopic (exact) mass is 402 g/mol. The molecule has 0 aliphatic heterocycles. The summed E-state index contributed by atoms with van der Waals surface area (Å²) in [6.07, 6.45) is 0.344. The lowest BCUT2D eigenvalue weighted by Crippen LogP contribution is -2.33. The summed E-state index contributed by atoms with van der Waals surface area (Å²) < 4.78 is 4.59. The van der Waals surface area contributed by atoms with Crippen LogP contribution in [-0.2, 0) is 16.0 Å². The smallest absolute Gasteiger partial charge is 0.322 e. The zero-order valence-electron chi connectivity index (χ0n) is 13.3. The maximum absolute atomic E-state index is 12.3. The molecule has 0 aromatic heterocycles. The molecular formula is C17H17Cl3N2O3. The van der Waals surface area contributed by atoms with Crippen molar-refractivity contribution in [3.05, 3.63) is 63.6 Å². The van der Waals surface area contributed by atoms with Crippen LogP contribution in [0.25, 0.3) is 0 Å². The number of nitrogens with one attached hydrogen (secondary N) is 1. The Morgan fingerprint density at radius 3 is 2.20 bits per heavy atom. The van der Waals surface area contributed by atoms with Crippen molar-refractivity contribution in [2.24, 2.45) is 5.73 Å². The van der Waals surface area contributed by atoms with Crippen LogP contribution in [0.3, 0.4) is 0 Å². The molecule has 2 rings (SSSR count). The van der Waals surface area contributed by atoms with Gasteiger partial charge < -0.3 is 15.8 Å². The van der Waals surface area contributed by atoms with Crippen LogP contribution in [-0.4, -0.2) is 25.0 Å². The van der Waals surface area contributed by atoms with E-state index in [0.717, 1.165) is 5.56 Å². The molecule has 0 saturated carbocycles. The maximum atomic E-state index is 12.3. The summed E-state index contributed by atoms with van der Waals surface area (Å²) in [6, 6.07) is 11.1. The first kappa shape index (κ1) is 21.3. The average Bonchev–Trinajstić information content (AvgIpc) is 2.55. The number of hydrogen-bond acceptors (Lipinski definition) is 4. The fraction of sp³-hybridized carbons (Fsp3) is 0.176. The second kappa shape index (κ2) is 9.63. The Hall–Kier alpha value is -1.79. The van der Waals surface area contributed by atoms with Gasteiger partial charge >= 0.3 is 5.97 Å². The summed E-state index contributed by atoms with van der Waals surface area (Å²) in [5, 5.41) is 3.28. The number of ether oxygens (including phenoxy) is 1. The predicted molar refractivity (Wildman–Crippen MR) is 102 cm³/mol. The first-order chi connectivity index (χ1) is 11.4. The molecule has 0 aliphatic carbocycles. The maximum Gasteiger partial charge on any atom is 0.322 e. The van der Waals surface area contributed by atoms with Crippen molar-refractivity contribution in [1.82, 2.24) is 0 Å². The van der Waals surface area contributed by atoms with Crippen LogP contribution in [0.5, 0.6) is 0 Å². The van der Waals surface area contributed by atoms with E-state index in [1.807, 2.05) is 0 Å². The minimum atomic E-state index is -0.725. The van der Waals surface area contributed by atoms with Crippen LogP contribution in [0, 0.1) is 0 Å². The average molecular weight is 404 g/mol. The van der Waals surface area contributed by atoms with Crippen molar-refractivity contribution in [2.45, 2.75) is 12.5 Å². The second-order valence-corrected chi connectivity index (χ2v) is 5.90. The molecule has 2 aromatic rings. The molecule has 0 aliphatic rings. The van der Waals surface area contributed by atoms with E-state index in [0.29, 0.717) is 12.1 Å². The number of methoxy groups -OCH3 is 1. The predicted octanol–water partition coefficient (Wildman–Crippen LogP) is 3.71. The van der Waals surface area contributed by atoms with E-state index in [4.69, 9.17) is 28.9 Å². The Kier molecular flexibility index (Phi) is 8.19. The molecule has 1 amide bonds. The molecule has 0 saturated heterocycles. The van der Waals surface area contributed by atoms with E-state index < -0.39 is 17.9 Å². The Morgan fingerprint density at radius 1 is 1.12 bits per heavy atom. The van der Waals surface area contributed by atoms with Crippen LogP contribution < -0.4 is 11.1 Å². The van der Waals surface area contributed by atoms with Gasteiger partial charge in [-0.15, -0.1) is 12.4 Å². The van der Waals surface area contributed by atoms with Crippen molar-refractivity contribution in [3.8, 4) is 0 Å². The van der Waals surface area contributed by atoms with Crippen molar-refractivity contribution >= 4 is 53.2 Å². The quantitative estimate of drug-likeness (QED) is 0.746. The van der Waals surface area contributed by atoms with Crippen LogP contribution >= 0.6 is 35.6 Å². The van der Waals surface area contributed by atoms with Crippen LogP contribution in [0.4, 0.5) is 5.69 Å². The van der Waals surface area contributed by atoms with Gasteiger partial charge in [-0.25, -0.2) is 0 Å². The number of amides is 1. The van der Waals surface area contributed by atoms with Gasteiger partial charge in [0.1, 0.15) is 6.04 Å². The number of halogens is 3. The summed E-state index contributed by atoms with van der Waals surface area (Å²) in [6.45, 7) is 0. The lowest BCUT2D eigenvalue weighted by molar-refractivity contribution is -0.142. The summed E-state index contributed by atoms with van der Waals surface area (Å²) in [7, 11) is 1.29. The molecule has 8 heteroatoms. The number of nitrogens with two attached hydrogens (primary N) is 1. The van der Waals surface area contributed by atoms with Gasteiger partial charge in [0.2, 0.25) is 0 Å². The van der Waals surface area contributed by atoms with E-state index in [1.165, 1.54) is 7.11 Å². The summed E-state index contributed by atoms with van der Waals surface area (Å²) in [4.78, 5) is 23.6. The highest BCUT2D eigenvalue weighted by Crippen LogP contribution is 2.25. The molecule has 5 nitrogen and oxygen atoms in total. The number of carbonyl (C=O) groups excluding carboxylic acids is 2. The largest absolute Gasteiger partial charge is 0.468 e. The summed E-state index contributed by atoms with van der Waals surface area (Å²) in [5.74, 6) is -0.870. The number of anilines is 1. The molecule has 0 heterocycles. The fourth-order valence-electron chi connectivity index (χ4n) is 2.12. The molecule has 0 fully saturated rings. The van der Waals surface area contributed by atoms with Gasteiger partial charge in [-0.3, -0.25) is 9.59 Å². The van der Waals surface area contributed by atoms with Crippen molar-refractivity contribution in [1.29, 1.82) is 0 Å². The SMILES string of the molecule is COC(=O)[C@@H](N)Cc1ccc(NC(=O)c2c(Cl)cccc2Cl)cc1.Cl. The fourth-order valence-corrected chi connectivity index (χ4v) is 2.69. The molecule has 3 N–H and O–H groups in total. The Labute approximate surface area is 161 Å². The van der Waals surface area contributed by atoms with E-state index in [-0.39, 0.29) is 28.0 Å². The van der Waals surface area contributed by atoms with Crippen LogP contribution in [0.15, 0.2) is 42.5 Å². The van der Waals surface area contributed by atoms with E-state index in [1.54, 1.807) is 42.5 Å². The number of carbonyl (C=O) groups is 2. The van der Waals surface area contributed by atoms with E-state index >= 15 is 0 Å². The number of hydrogen-bond donors (Lipinski definition) is 2. The molecule has 0 spiro atoms. The van der Waals surface area contributed by atoms with Gasteiger partial charge in [-0.1, -0.05) is 41.4 Å². The Morgan fingerprint density at radius 2 is 1.68 bits per heavy atom. The first-order valence-corrected chi connectivity index (χ1v) is 7.85. The third-order valence-corrected chi connectivity index (χ3v) is 3.99. The lowest BCUT2D eigenvalue weighted by Gasteiger charge is -2.11. The molecule has 1 atom stereocenters. The van der Waals surface area contributed by atoms with Gasteiger partial charge in [0, 0.05) is 5.69 Å². The zero-order chi connectivity index (χ0) is 17.7. The number of rotatable bonds is 5. The summed E-state index contributed by atoms with van der Waals surface area (Å²) >= 11 is 12.0. The third-order valence-electron chi connectivity index (χ3n) is 3.36. The van der Waals surface area contributed by atoms with Crippen LogP contribution in [0.1, 0.15) is 15.9 Å². The van der Waals surface area contributed by atoms with Crippen LogP contribution in [0.2, 0.25) is 10.0 Å². The van der Waals surface area contributed by atoms with Gasteiger partial charge in [0.05, 0.1) is 22.7 Å². The third kappa shape index (κ3) is 5.61. The van der Waals surface area contributed by atoms with Crippen molar-refractivity contribution in [3.63, 3.8) is 0 Å². The highest BCUT2D eigenvalue weighted by atomic mass is 35.5. The highest BCUT2D eigenvalue weighted by Gasteiger charge is 2.16. The molecular weight excluding hydrogens is 387 g/mol. The first-order valence-electron chi connectivity index (χ1n) is 7.10. The van der Waals surface area contributed by atoms with Crippen molar-refractivity contribution < 1.29 is 14.3 Å². The second-order valence-electron chi connectivity index (χ2n) is 5.08. The van der Waals surface area contributed by atoms with E-state index in [2.05, 4.69) is 10.1 Å². The molecule has 134 valence electrons. The number of esters is 1. The van der Waals surface area contributed by atoms with Crippen molar-refractivity contribution in [2.75, 3.05) is 12.4 Å². The van der Waals surface area contributed by atoms with Gasteiger partial charge in [0.15, 0.2) is 0 Å². The summed E-state index contributed by atoms with van der Waals surface area (Å²) in [5.41, 5.74) is 7.36. The van der Waals surface area contributed by atoms with E-state index in [9.17, 15) is 9.59 Å². The zero-order valence-corrected chi connectivity index (χ0v) is 15.6. The lowest BCUT2D eigenvalue weighted by atomic mass is 10.1. The minimum Gasteiger partial charge on any atom is -0.468 e. The Balaban J connectivity index is 0.00000312. The topological polar surface area (TPSA) is 81.4 Å². The number of benzene rings is 2. The Bertz CT molecular complexity index is 731. The molecule has 0 unspecified atom stereocenters.